The zero-order valence-corrected chi connectivity index (χ0v) is 13.6. The highest BCUT2D eigenvalue weighted by atomic mass is 79.9. The molecule has 0 saturated carbocycles. The van der Waals surface area contributed by atoms with E-state index in [9.17, 15) is 0 Å². The van der Waals surface area contributed by atoms with Gasteiger partial charge in [0.05, 0.1) is 16.7 Å². The van der Waals surface area contributed by atoms with Crippen LogP contribution in [-0.4, -0.2) is 26.7 Å². The van der Waals surface area contributed by atoms with Gasteiger partial charge in [-0.15, -0.1) is 6.42 Å². The summed E-state index contributed by atoms with van der Waals surface area (Å²) in [5.74, 6) is 3.64. The van der Waals surface area contributed by atoms with Crippen molar-refractivity contribution in [3.8, 4) is 23.6 Å². The molecule has 0 spiro atoms. The quantitative estimate of drug-likeness (QED) is 0.601. The van der Waals surface area contributed by atoms with Crippen LogP contribution in [0.1, 0.15) is 0 Å². The SMILES string of the molecule is C#CCNc1nc(Nc2cccc(-c3ccn[nH]3)c2)ncc1Br. The topological polar surface area (TPSA) is 78.5 Å². The van der Waals surface area contributed by atoms with Gasteiger partial charge in [0.2, 0.25) is 5.95 Å². The molecule has 3 rings (SSSR count). The summed E-state index contributed by atoms with van der Waals surface area (Å²) in [7, 11) is 0. The van der Waals surface area contributed by atoms with Crippen LogP contribution < -0.4 is 10.6 Å². The van der Waals surface area contributed by atoms with Gasteiger partial charge in [0.25, 0.3) is 0 Å². The van der Waals surface area contributed by atoms with Crippen LogP contribution in [0.25, 0.3) is 11.3 Å². The van der Waals surface area contributed by atoms with E-state index in [0.29, 0.717) is 18.3 Å². The number of halogens is 1. The smallest absolute Gasteiger partial charge is 0.229 e. The van der Waals surface area contributed by atoms with Crippen molar-refractivity contribution in [1.82, 2.24) is 20.2 Å². The van der Waals surface area contributed by atoms with Crippen molar-refractivity contribution in [3.63, 3.8) is 0 Å². The molecular weight excluding hydrogens is 356 g/mol. The molecule has 23 heavy (non-hydrogen) atoms. The van der Waals surface area contributed by atoms with Gasteiger partial charge in [-0.2, -0.15) is 10.1 Å². The Morgan fingerprint density at radius 1 is 1.30 bits per heavy atom. The fourth-order valence-corrected chi connectivity index (χ4v) is 2.33. The second-order valence-corrected chi connectivity index (χ2v) is 5.48. The van der Waals surface area contributed by atoms with Gasteiger partial charge in [0.15, 0.2) is 0 Å². The zero-order chi connectivity index (χ0) is 16.1. The maximum absolute atomic E-state index is 5.26. The maximum Gasteiger partial charge on any atom is 0.229 e. The lowest BCUT2D eigenvalue weighted by Gasteiger charge is -2.09. The molecule has 2 heterocycles. The molecular formula is C16H13BrN6. The molecule has 0 atom stereocenters. The van der Waals surface area contributed by atoms with E-state index in [1.54, 1.807) is 12.4 Å². The van der Waals surface area contributed by atoms with E-state index in [4.69, 9.17) is 6.42 Å². The van der Waals surface area contributed by atoms with Crippen molar-refractivity contribution in [1.29, 1.82) is 0 Å². The van der Waals surface area contributed by atoms with Gasteiger partial charge in [-0.1, -0.05) is 18.1 Å². The van der Waals surface area contributed by atoms with Crippen LogP contribution in [0.4, 0.5) is 17.5 Å². The van der Waals surface area contributed by atoms with Crippen molar-refractivity contribution in [2.24, 2.45) is 0 Å². The molecule has 114 valence electrons. The van der Waals surface area contributed by atoms with E-state index >= 15 is 0 Å². The Morgan fingerprint density at radius 3 is 3.00 bits per heavy atom. The first-order chi connectivity index (χ1) is 11.3. The van der Waals surface area contributed by atoms with Gasteiger partial charge in [0.1, 0.15) is 5.82 Å². The molecule has 0 fully saturated rings. The standard InChI is InChI=1S/C16H13BrN6/c1-2-7-18-15-13(17)10-19-16(22-15)21-12-5-3-4-11(9-12)14-6-8-20-23-14/h1,3-6,8-10H,7H2,(H,20,23)(H2,18,19,21,22). The maximum atomic E-state index is 5.26. The Bertz CT molecular complexity index is 838. The fourth-order valence-electron chi connectivity index (χ4n) is 2.00. The first-order valence-corrected chi connectivity index (χ1v) is 7.62. The van der Waals surface area contributed by atoms with Crippen LogP contribution >= 0.6 is 15.9 Å². The van der Waals surface area contributed by atoms with Crippen molar-refractivity contribution in [3.05, 3.63) is 47.2 Å². The number of nitrogens with one attached hydrogen (secondary N) is 3. The molecule has 0 amide bonds. The molecule has 1 aromatic carbocycles. The number of H-pyrrole nitrogens is 1. The van der Waals surface area contributed by atoms with Gasteiger partial charge in [0, 0.05) is 23.6 Å². The van der Waals surface area contributed by atoms with Gasteiger partial charge in [-0.05, 0) is 34.1 Å². The van der Waals surface area contributed by atoms with Gasteiger partial charge in [-0.25, -0.2) is 4.98 Å². The Labute approximate surface area is 141 Å². The number of nitrogens with zero attached hydrogens (tertiary/aromatic N) is 3. The van der Waals surface area contributed by atoms with Crippen LogP contribution in [0, 0.1) is 12.3 Å². The molecule has 3 N–H and O–H groups in total. The molecule has 0 aliphatic heterocycles. The van der Waals surface area contributed by atoms with E-state index < -0.39 is 0 Å². The lowest BCUT2D eigenvalue weighted by molar-refractivity contribution is 1.09. The number of aromatic amines is 1. The molecule has 0 aliphatic carbocycles. The predicted octanol–water partition coefficient (Wildman–Crippen LogP) is 3.42. The lowest BCUT2D eigenvalue weighted by atomic mass is 10.1. The Hall–Kier alpha value is -2.85. The van der Waals surface area contributed by atoms with Crippen molar-refractivity contribution < 1.29 is 0 Å². The van der Waals surface area contributed by atoms with Crippen LogP contribution in [0.15, 0.2) is 47.2 Å². The highest BCUT2D eigenvalue weighted by molar-refractivity contribution is 9.10. The highest BCUT2D eigenvalue weighted by Crippen LogP contribution is 2.24. The number of hydrogen-bond acceptors (Lipinski definition) is 5. The van der Waals surface area contributed by atoms with Gasteiger partial charge in [-0.3, -0.25) is 5.10 Å². The molecule has 3 aromatic rings. The normalized spacial score (nSPS) is 10.1. The molecule has 0 saturated heterocycles. The zero-order valence-electron chi connectivity index (χ0n) is 12.0. The number of rotatable bonds is 5. The van der Waals surface area contributed by atoms with Crippen LogP contribution in [0.5, 0.6) is 0 Å². The average Bonchev–Trinajstić information content (AvgIpc) is 3.10. The largest absolute Gasteiger partial charge is 0.358 e. The van der Waals surface area contributed by atoms with E-state index in [0.717, 1.165) is 21.4 Å². The van der Waals surface area contributed by atoms with Crippen molar-refractivity contribution in [2.45, 2.75) is 0 Å². The minimum Gasteiger partial charge on any atom is -0.358 e. The summed E-state index contributed by atoms with van der Waals surface area (Å²) in [6.45, 7) is 0.393. The number of hydrogen-bond donors (Lipinski definition) is 3. The Kier molecular flexibility index (Phi) is 4.54. The summed E-state index contributed by atoms with van der Waals surface area (Å²) < 4.78 is 0.754. The molecule has 0 bridgehead atoms. The fraction of sp³-hybridized carbons (Fsp3) is 0.0625. The number of anilines is 3. The predicted molar refractivity (Wildman–Crippen MR) is 94.4 cm³/mol. The average molecular weight is 369 g/mol. The Balaban J connectivity index is 1.82. The summed E-state index contributed by atoms with van der Waals surface area (Å²) in [5, 5.41) is 13.1. The number of benzene rings is 1. The summed E-state index contributed by atoms with van der Waals surface area (Å²) >= 11 is 3.39. The molecule has 0 radical (unpaired) electrons. The van der Waals surface area contributed by atoms with E-state index in [1.807, 2.05) is 30.3 Å². The number of aromatic nitrogens is 4. The third kappa shape index (κ3) is 3.67. The van der Waals surface area contributed by atoms with E-state index in [1.165, 1.54) is 0 Å². The third-order valence-corrected chi connectivity index (χ3v) is 3.61. The molecule has 0 unspecified atom stereocenters. The lowest BCUT2D eigenvalue weighted by Crippen LogP contribution is -2.05. The number of terminal acetylenes is 1. The molecule has 6 nitrogen and oxygen atoms in total. The second kappa shape index (κ2) is 6.94. The summed E-state index contributed by atoms with van der Waals surface area (Å²) in [6.07, 6.45) is 8.65. The minimum atomic E-state index is 0.393. The summed E-state index contributed by atoms with van der Waals surface area (Å²) in [5.41, 5.74) is 2.85. The monoisotopic (exact) mass is 368 g/mol. The van der Waals surface area contributed by atoms with Crippen LogP contribution in [0.3, 0.4) is 0 Å². The Morgan fingerprint density at radius 2 is 2.22 bits per heavy atom. The van der Waals surface area contributed by atoms with E-state index in [-0.39, 0.29) is 0 Å². The van der Waals surface area contributed by atoms with Crippen LogP contribution in [0.2, 0.25) is 0 Å². The minimum absolute atomic E-state index is 0.393. The third-order valence-electron chi connectivity index (χ3n) is 3.03. The molecule has 2 aromatic heterocycles. The molecule has 7 heteroatoms. The van der Waals surface area contributed by atoms with E-state index in [2.05, 4.69) is 52.6 Å². The summed E-state index contributed by atoms with van der Waals surface area (Å²) in [6, 6.07) is 9.81. The van der Waals surface area contributed by atoms with Crippen molar-refractivity contribution in [2.75, 3.05) is 17.2 Å². The first-order valence-electron chi connectivity index (χ1n) is 6.83. The first kappa shape index (κ1) is 15.1. The van der Waals surface area contributed by atoms with Crippen molar-refractivity contribution >= 4 is 33.4 Å². The van der Waals surface area contributed by atoms with Gasteiger partial charge >= 0.3 is 0 Å². The second-order valence-electron chi connectivity index (χ2n) is 4.62. The van der Waals surface area contributed by atoms with Gasteiger partial charge < -0.3 is 10.6 Å². The van der Waals surface area contributed by atoms with Crippen LogP contribution in [-0.2, 0) is 0 Å². The summed E-state index contributed by atoms with van der Waals surface area (Å²) in [4.78, 5) is 8.66. The molecule has 0 aliphatic rings. The highest BCUT2D eigenvalue weighted by Gasteiger charge is 2.06.